The number of aromatic carboxylic acids is 1. The van der Waals surface area contributed by atoms with Crippen LogP contribution in [0.4, 0.5) is 5.69 Å². The predicted molar refractivity (Wildman–Crippen MR) is 103 cm³/mol. The van der Waals surface area contributed by atoms with E-state index < -0.39 is 5.97 Å². The van der Waals surface area contributed by atoms with Gasteiger partial charge in [0, 0.05) is 24.7 Å². The van der Waals surface area contributed by atoms with E-state index in [-0.39, 0.29) is 17.5 Å². The lowest BCUT2D eigenvalue weighted by atomic mass is 10.1. The molecule has 5 nitrogen and oxygen atoms in total. The van der Waals surface area contributed by atoms with E-state index in [1.165, 1.54) is 0 Å². The van der Waals surface area contributed by atoms with Gasteiger partial charge in [-0.1, -0.05) is 37.3 Å². The van der Waals surface area contributed by atoms with E-state index in [0.29, 0.717) is 13.0 Å². The summed E-state index contributed by atoms with van der Waals surface area (Å²) in [6, 6.07) is 16.4. The molecule has 0 bridgehead atoms. The largest absolute Gasteiger partial charge is 0.478 e. The van der Waals surface area contributed by atoms with Crippen molar-refractivity contribution in [2.45, 2.75) is 39.3 Å². The second-order valence-corrected chi connectivity index (χ2v) is 6.44. The molecule has 1 atom stereocenters. The van der Waals surface area contributed by atoms with Gasteiger partial charge in [-0.25, -0.2) is 4.79 Å². The van der Waals surface area contributed by atoms with Gasteiger partial charge in [-0.2, -0.15) is 0 Å². The van der Waals surface area contributed by atoms with Crippen LogP contribution in [0, 0.1) is 0 Å². The van der Waals surface area contributed by atoms with Gasteiger partial charge in [0.2, 0.25) is 5.91 Å². The molecule has 2 aromatic carbocycles. The SMILES string of the molecule is CCCN(Cc1ccc(C(=O)O)cc1)C(C)CC(=O)Nc1ccccc1. The van der Waals surface area contributed by atoms with Crippen molar-refractivity contribution < 1.29 is 14.7 Å². The number of carbonyl (C=O) groups is 2. The second-order valence-electron chi connectivity index (χ2n) is 6.44. The van der Waals surface area contributed by atoms with Crippen molar-refractivity contribution in [3.63, 3.8) is 0 Å². The number of carboxylic acid groups (broad SMARTS) is 1. The Morgan fingerprint density at radius 1 is 1.08 bits per heavy atom. The Balaban J connectivity index is 1.96. The number of para-hydroxylation sites is 1. The summed E-state index contributed by atoms with van der Waals surface area (Å²) in [5.74, 6) is -0.932. The highest BCUT2D eigenvalue weighted by atomic mass is 16.4. The van der Waals surface area contributed by atoms with Gasteiger partial charge in [-0.15, -0.1) is 0 Å². The molecule has 0 spiro atoms. The van der Waals surface area contributed by atoms with Gasteiger partial charge in [-0.3, -0.25) is 9.69 Å². The van der Waals surface area contributed by atoms with Gasteiger partial charge in [0.05, 0.1) is 5.56 Å². The van der Waals surface area contributed by atoms with Crippen molar-refractivity contribution in [1.82, 2.24) is 4.90 Å². The third-order valence-corrected chi connectivity index (χ3v) is 4.26. The first-order valence-electron chi connectivity index (χ1n) is 8.90. The van der Waals surface area contributed by atoms with Crippen LogP contribution in [-0.2, 0) is 11.3 Å². The molecule has 5 heteroatoms. The van der Waals surface area contributed by atoms with E-state index >= 15 is 0 Å². The van der Waals surface area contributed by atoms with Gasteiger partial charge >= 0.3 is 5.97 Å². The molecule has 0 radical (unpaired) electrons. The summed E-state index contributed by atoms with van der Waals surface area (Å²) in [7, 11) is 0. The summed E-state index contributed by atoms with van der Waals surface area (Å²) in [6.45, 7) is 5.72. The van der Waals surface area contributed by atoms with E-state index in [1.54, 1.807) is 12.1 Å². The smallest absolute Gasteiger partial charge is 0.335 e. The average Bonchev–Trinajstić information content (AvgIpc) is 2.62. The summed E-state index contributed by atoms with van der Waals surface area (Å²) in [4.78, 5) is 25.5. The molecule has 2 N–H and O–H groups in total. The van der Waals surface area contributed by atoms with Gasteiger partial charge in [0.15, 0.2) is 0 Å². The maximum absolute atomic E-state index is 12.3. The minimum Gasteiger partial charge on any atom is -0.478 e. The van der Waals surface area contributed by atoms with Crippen LogP contribution in [0.25, 0.3) is 0 Å². The molecule has 1 amide bonds. The van der Waals surface area contributed by atoms with Crippen molar-refractivity contribution in [3.8, 4) is 0 Å². The van der Waals surface area contributed by atoms with Crippen LogP contribution >= 0.6 is 0 Å². The number of hydrogen-bond acceptors (Lipinski definition) is 3. The lowest BCUT2D eigenvalue weighted by Crippen LogP contribution is -2.36. The molecule has 0 fully saturated rings. The van der Waals surface area contributed by atoms with Crippen LogP contribution in [-0.4, -0.2) is 34.5 Å². The average molecular weight is 354 g/mol. The quantitative estimate of drug-likeness (QED) is 0.714. The first-order valence-corrected chi connectivity index (χ1v) is 8.90. The van der Waals surface area contributed by atoms with E-state index in [9.17, 15) is 9.59 Å². The Morgan fingerprint density at radius 3 is 2.31 bits per heavy atom. The normalized spacial score (nSPS) is 12.0. The number of amides is 1. The molecule has 0 saturated heterocycles. The molecule has 2 aromatic rings. The molecule has 26 heavy (non-hydrogen) atoms. The zero-order valence-corrected chi connectivity index (χ0v) is 15.3. The summed E-state index contributed by atoms with van der Waals surface area (Å²) in [6.07, 6.45) is 1.39. The maximum Gasteiger partial charge on any atom is 0.335 e. The van der Waals surface area contributed by atoms with Gasteiger partial charge in [0.1, 0.15) is 0 Å². The molecule has 2 rings (SSSR count). The highest BCUT2D eigenvalue weighted by Crippen LogP contribution is 2.14. The van der Waals surface area contributed by atoms with Crippen LogP contribution in [0.3, 0.4) is 0 Å². The highest BCUT2D eigenvalue weighted by Gasteiger charge is 2.17. The molecule has 0 aliphatic carbocycles. The fourth-order valence-electron chi connectivity index (χ4n) is 2.86. The van der Waals surface area contributed by atoms with Crippen molar-refractivity contribution in [2.75, 3.05) is 11.9 Å². The van der Waals surface area contributed by atoms with E-state index in [1.807, 2.05) is 49.4 Å². The fourth-order valence-corrected chi connectivity index (χ4v) is 2.86. The molecule has 1 unspecified atom stereocenters. The van der Waals surface area contributed by atoms with Crippen molar-refractivity contribution in [1.29, 1.82) is 0 Å². The first kappa shape index (κ1) is 19.7. The third-order valence-electron chi connectivity index (χ3n) is 4.26. The number of rotatable bonds is 9. The minimum absolute atomic E-state index is 0.00831. The van der Waals surface area contributed by atoms with Crippen molar-refractivity contribution in [3.05, 3.63) is 65.7 Å². The summed E-state index contributed by atoms with van der Waals surface area (Å²) < 4.78 is 0. The highest BCUT2D eigenvalue weighted by molar-refractivity contribution is 5.91. The lowest BCUT2D eigenvalue weighted by molar-refractivity contribution is -0.117. The second kappa shape index (κ2) is 9.73. The predicted octanol–water partition coefficient (Wildman–Crippen LogP) is 4.01. The number of nitrogens with zero attached hydrogens (tertiary/aromatic N) is 1. The van der Waals surface area contributed by atoms with Gasteiger partial charge in [0.25, 0.3) is 0 Å². The zero-order chi connectivity index (χ0) is 18.9. The Morgan fingerprint density at radius 2 is 1.73 bits per heavy atom. The van der Waals surface area contributed by atoms with E-state index in [4.69, 9.17) is 5.11 Å². The summed E-state index contributed by atoms with van der Waals surface area (Å²) >= 11 is 0. The number of anilines is 1. The number of benzene rings is 2. The maximum atomic E-state index is 12.3. The first-order chi connectivity index (χ1) is 12.5. The molecule has 0 aromatic heterocycles. The minimum atomic E-state index is -0.923. The van der Waals surface area contributed by atoms with E-state index in [0.717, 1.165) is 24.2 Å². The van der Waals surface area contributed by atoms with Crippen LogP contribution in [0.15, 0.2) is 54.6 Å². The molecule has 0 heterocycles. The molecule has 0 saturated carbocycles. The van der Waals surface area contributed by atoms with Crippen LogP contribution < -0.4 is 5.32 Å². The molecule has 138 valence electrons. The number of nitrogens with one attached hydrogen (secondary N) is 1. The zero-order valence-electron chi connectivity index (χ0n) is 15.3. The fraction of sp³-hybridized carbons (Fsp3) is 0.333. The summed E-state index contributed by atoms with van der Waals surface area (Å²) in [5, 5.41) is 11.9. The third kappa shape index (κ3) is 6.01. The Bertz CT molecular complexity index is 714. The summed E-state index contributed by atoms with van der Waals surface area (Å²) in [5.41, 5.74) is 2.13. The lowest BCUT2D eigenvalue weighted by Gasteiger charge is -2.28. The number of carboxylic acids is 1. The van der Waals surface area contributed by atoms with Crippen LogP contribution in [0.1, 0.15) is 42.6 Å². The number of hydrogen-bond donors (Lipinski definition) is 2. The Hall–Kier alpha value is -2.66. The molecular weight excluding hydrogens is 328 g/mol. The van der Waals surface area contributed by atoms with Crippen LogP contribution in [0.2, 0.25) is 0 Å². The Labute approximate surface area is 154 Å². The molecule has 0 aliphatic heterocycles. The van der Waals surface area contributed by atoms with Gasteiger partial charge in [-0.05, 0) is 49.7 Å². The van der Waals surface area contributed by atoms with Crippen molar-refractivity contribution in [2.24, 2.45) is 0 Å². The monoisotopic (exact) mass is 354 g/mol. The van der Waals surface area contributed by atoms with E-state index in [2.05, 4.69) is 17.1 Å². The standard InChI is InChI=1S/C21H26N2O3/c1-3-13-23(15-17-9-11-18(12-10-17)21(25)26)16(2)14-20(24)22-19-7-5-4-6-8-19/h4-12,16H,3,13-15H2,1-2H3,(H,22,24)(H,25,26). The topological polar surface area (TPSA) is 69.6 Å². The van der Waals surface area contributed by atoms with Gasteiger partial charge < -0.3 is 10.4 Å². The van der Waals surface area contributed by atoms with Crippen molar-refractivity contribution >= 4 is 17.6 Å². The Kier molecular flexibility index (Phi) is 7.36. The molecular formula is C21H26N2O3. The molecule has 0 aliphatic rings. The van der Waals surface area contributed by atoms with Crippen LogP contribution in [0.5, 0.6) is 0 Å². The number of carbonyl (C=O) groups excluding carboxylic acids is 1.